The van der Waals surface area contributed by atoms with Crippen molar-refractivity contribution < 1.29 is 14.3 Å². The Bertz CT molecular complexity index is 1640. The first kappa shape index (κ1) is 23.7. The Kier molecular flexibility index (Phi) is 6.85. The largest absolute Gasteiger partial charge is 0.490 e. The summed E-state index contributed by atoms with van der Waals surface area (Å²) in [5, 5.41) is 4.97. The molecule has 0 bridgehead atoms. The first-order valence-electron chi connectivity index (χ1n) is 11.8. The van der Waals surface area contributed by atoms with Crippen molar-refractivity contribution in [3.63, 3.8) is 0 Å². The van der Waals surface area contributed by atoms with Crippen LogP contribution in [0.3, 0.4) is 0 Å². The van der Waals surface area contributed by atoms with E-state index >= 15 is 0 Å². The molecule has 0 saturated carbocycles. The normalized spacial score (nSPS) is 11.1. The highest BCUT2D eigenvalue weighted by Crippen LogP contribution is 2.29. The topological polar surface area (TPSA) is 82.8 Å². The summed E-state index contributed by atoms with van der Waals surface area (Å²) in [6.07, 6.45) is 1.55. The number of hydrogen-bond acceptors (Lipinski definition) is 6. The zero-order valence-electron chi connectivity index (χ0n) is 20.1. The number of carbonyl (C=O) groups excluding carboxylic acids is 1. The molecule has 0 N–H and O–H groups in total. The number of esters is 1. The van der Waals surface area contributed by atoms with Crippen molar-refractivity contribution >= 4 is 23.1 Å². The zero-order chi connectivity index (χ0) is 25.6. The number of rotatable bonds is 7. The molecule has 0 aliphatic rings. The fourth-order valence-electron chi connectivity index (χ4n) is 3.82. The van der Waals surface area contributed by atoms with E-state index in [0.29, 0.717) is 46.0 Å². The third-order valence-electron chi connectivity index (χ3n) is 5.59. The maximum absolute atomic E-state index is 13.4. The molecule has 4 aromatic carbocycles. The average Bonchev–Trinajstić information content (AvgIpc) is 2.95. The Balaban J connectivity index is 1.52. The van der Waals surface area contributed by atoms with E-state index in [1.807, 2.05) is 49.4 Å². The van der Waals surface area contributed by atoms with Gasteiger partial charge in [0, 0.05) is 5.56 Å². The van der Waals surface area contributed by atoms with E-state index in [0.717, 1.165) is 5.56 Å². The van der Waals surface area contributed by atoms with Gasteiger partial charge in [0.1, 0.15) is 0 Å². The van der Waals surface area contributed by atoms with Gasteiger partial charge in [-0.15, -0.1) is 0 Å². The van der Waals surface area contributed by atoms with Crippen molar-refractivity contribution in [1.29, 1.82) is 0 Å². The molecular formula is C30H23N3O4. The summed E-state index contributed by atoms with van der Waals surface area (Å²) in [6.45, 7) is 2.22. The summed E-state index contributed by atoms with van der Waals surface area (Å²) >= 11 is 0. The van der Waals surface area contributed by atoms with Crippen LogP contribution in [0.5, 0.6) is 11.5 Å². The van der Waals surface area contributed by atoms with Crippen LogP contribution in [0.4, 0.5) is 0 Å². The van der Waals surface area contributed by atoms with Crippen LogP contribution in [0.25, 0.3) is 22.3 Å². The fourth-order valence-corrected chi connectivity index (χ4v) is 3.82. The number of carbonyl (C=O) groups is 1. The minimum Gasteiger partial charge on any atom is -0.490 e. The zero-order valence-corrected chi connectivity index (χ0v) is 20.1. The molecular weight excluding hydrogens is 466 g/mol. The van der Waals surface area contributed by atoms with Crippen molar-refractivity contribution in [2.45, 2.75) is 6.92 Å². The van der Waals surface area contributed by atoms with Crippen molar-refractivity contribution in [1.82, 2.24) is 9.66 Å². The molecule has 0 atom stereocenters. The predicted molar refractivity (Wildman–Crippen MR) is 143 cm³/mol. The first-order chi connectivity index (χ1) is 18.1. The van der Waals surface area contributed by atoms with Crippen LogP contribution in [0, 0.1) is 0 Å². The Morgan fingerprint density at radius 3 is 2.35 bits per heavy atom. The van der Waals surface area contributed by atoms with Crippen molar-refractivity contribution in [2.24, 2.45) is 5.10 Å². The summed E-state index contributed by atoms with van der Waals surface area (Å²) < 4.78 is 12.6. The van der Waals surface area contributed by atoms with Crippen molar-refractivity contribution in [3.8, 4) is 22.9 Å². The monoisotopic (exact) mass is 489 g/mol. The summed E-state index contributed by atoms with van der Waals surface area (Å²) in [5.74, 6) is 0.633. The lowest BCUT2D eigenvalue weighted by Gasteiger charge is -2.12. The molecule has 5 rings (SSSR count). The smallest absolute Gasteiger partial charge is 0.343 e. The van der Waals surface area contributed by atoms with Crippen LogP contribution in [0.15, 0.2) is 113 Å². The van der Waals surface area contributed by atoms with Crippen LogP contribution in [0.2, 0.25) is 0 Å². The highest BCUT2D eigenvalue weighted by Gasteiger charge is 2.14. The second-order valence-corrected chi connectivity index (χ2v) is 8.07. The maximum atomic E-state index is 13.4. The SMILES string of the molecule is CCOc1cc(C=Nn2c(-c3ccccc3)nc3ccccc3c2=O)ccc1OC(=O)c1ccccc1. The second-order valence-electron chi connectivity index (χ2n) is 8.07. The minimum absolute atomic E-state index is 0.279. The third kappa shape index (κ3) is 5.16. The predicted octanol–water partition coefficient (Wildman–Crippen LogP) is 5.56. The Morgan fingerprint density at radius 2 is 1.59 bits per heavy atom. The van der Waals surface area contributed by atoms with Gasteiger partial charge in [0.25, 0.3) is 5.56 Å². The molecule has 7 heteroatoms. The number of aromatic nitrogens is 2. The Labute approximate surface area is 213 Å². The van der Waals surface area contributed by atoms with Crippen molar-refractivity contribution in [3.05, 3.63) is 125 Å². The van der Waals surface area contributed by atoms with E-state index in [1.165, 1.54) is 4.68 Å². The molecule has 1 heterocycles. The maximum Gasteiger partial charge on any atom is 0.343 e. The number of nitrogens with zero attached hydrogens (tertiary/aromatic N) is 3. The van der Waals surface area contributed by atoms with Gasteiger partial charge in [0.05, 0.1) is 29.3 Å². The fraction of sp³-hybridized carbons (Fsp3) is 0.0667. The third-order valence-corrected chi connectivity index (χ3v) is 5.59. The molecule has 0 amide bonds. The number of para-hydroxylation sites is 1. The Morgan fingerprint density at radius 1 is 0.892 bits per heavy atom. The summed E-state index contributed by atoms with van der Waals surface area (Å²) in [4.78, 5) is 30.6. The quantitative estimate of drug-likeness (QED) is 0.170. The van der Waals surface area contributed by atoms with Gasteiger partial charge in [-0.2, -0.15) is 9.78 Å². The van der Waals surface area contributed by atoms with Gasteiger partial charge in [-0.05, 0) is 55.0 Å². The molecule has 37 heavy (non-hydrogen) atoms. The van der Waals surface area contributed by atoms with E-state index < -0.39 is 5.97 Å². The van der Waals surface area contributed by atoms with Crippen LogP contribution in [0.1, 0.15) is 22.8 Å². The molecule has 1 aromatic heterocycles. The van der Waals surface area contributed by atoms with Gasteiger partial charge in [0.2, 0.25) is 0 Å². The lowest BCUT2D eigenvalue weighted by molar-refractivity contribution is 0.0728. The average molecular weight is 490 g/mol. The lowest BCUT2D eigenvalue weighted by Crippen LogP contribution is -2.20. The van der Waals surface area contributed by atoms with E-state index in [-0.39, 0.29) is 5.56 Å². The summed E-state index contributed by atoms with van der Waals surface area (Å²) in [7, 11) is 0. The highest BCUT2D eigenvalue weighted by molar-refractivity contribution is 5.91. The molecule has 0 radical (unpaired) electrons. The lowest BCUT2D eigenvalue weighted by atomic mass is 10.2. The number of ether oxygens (including phenoxy) is 2. The number of hydrogen-bond donors (Lipinski definition) is 0. The summed E-state index contributed by atoms with van der Waals surface area (Å²) in [6, 6.07) is 30.4. The molecule has 5 aromatic rings. The molecule has 0 saturated heterocycles. The van der Waals surface area contributed by atoms with Gasteiger partial charge < -0.3 is 9.47 Å². The van der Waals surface area contributed by atoms with Crippen LogP contribution in [-0.2, 0) is 0 Å². The van der Waals surface area contributed by atoms with E-state index in [1.54, 1.807) is 66.9 Å². The van der Waals surface area contributed by atoms with Gasteiger partial charge >= 0.3 is 5.97 Å². The van der Waals surface area contributed by atoms with Crippen molar-refractivity contribution in [2.75, 3.05) is 6.61 Å². The molecule has 7 nitrogen and oxygen atoms in total. The molecule has 0 aliphatic carbocycles. The summed E-state index contributed by atoms with van der Waals surface area (Å²) in [5.41, 5.74) is 2.18. The first-order valence-corrected chi connectivity index (χ1v) is 11.8. The second kappa shape index (κ2) is 10.7. The molecule has 182 valence electrons. The van der Waals surface area contributed by atoms with Gasteiger partial charge in [0.15, 0.2) is 17.3 Å². The van der Waals surface area contributed by atoms with Gasteiger partial charge in [-0.25, -0.2) is 9.78 Å². The number of fused-ring (bicyclic) bond motifs is 1. The van der Waals surface area contributed by atoms with E-state index in [4.69, 9.17) is 14.5 Å². The van der Waals surface area contributed by atoms with Gasteiger partial charge in [-0.3, -0.25) is 4.79 Å². The van der Waals surface area contributed by atoms with E-state index in [9.17, 15) is 9.59 Å². The minimum atomic E-state index is -0.482. The number of benzene rings is 4. The molecule has 0 aliphatic heterocycles. The molecule has 0 unspecified atom stereocenters. The molecule has 0 fully saturated rings. The Hall–Kier alpha value is -5.04. The standard InChI is InChI=1S/C30H23N3O4/c1-2-36-27-19-21(17-18-26(27)37-30(35)23-13-7-4-8-14-23)20-31-33-28(22-11-5-3-6-12-22)32-25-16-10-9-15-24(25)29(33)34/h3-20H,2H2,1H3. The van der Waals surface area contributed by atoms with E-state index in [2.05, 4.69) is 5.10 Å². The molecule has 0 spiro atoms. The highest BCUT2D eigenvalue weighted by atomic mass is 16.6. The van der Waals surface area contributed by atoms with Crippen LogP contribution < -0.4 is 15.0 Å². The van der Waals surface area contributed by atoms with Crippen LogP contribution in [-0.4, -0.2) is 28.5 Å². The van der Waals surface area contributed by atoms with Crippen LogP contribution >= 0.6 is 0 Å². The van der Waals surface area contributed by atoms with Gasteiger partial charge in [-0.1, -0.05) is 60.7 Å².